The summed E-state index contributed by atoms with van der Waals surface area (Å²) in [5.41, 5.74) is 0. The van der Waals surface area contributed by atoms with Gasteiger partial charge in [-0.25, -0.2) is 0 Å². The third kappa shape index (κ3) is 6.67. The van der Waals surface area contributed by atoms with Crippen molar-refractivity contribution in [3.8, 4) is 0 Å². The molecule has 0 bridgehead atoms. The Morgan fingerprint density at radius 1 is 1.70 bits per heavy atom. The summed E-state index contributed by atoms with van der Waals surface area (Å²) >= 11 is 0. The Labute approximate surface area is 56.9 Å². The van der Waals surface area contributed by atoms with Gasteiger partial charge in [-0.2, -0.15) is 0 Å². The Bertz CT molecular complexity index is 123. The normalized spacial score (nSPS) is 15.0. The van der Waals surface area contributed by atoms with Gasteiger partial charge in [0.15, 0.2) is 0 Å². The monoisotopic (exact) mass is 148 g/mol. The molecule has 1 fully saturated rings. The van der Waals surface area contributed by atoms with Gasteiger partial charge < -0.3 is 10.5 Å². The molecule has 0 aromatic carbocycles. The predicted molar refractivity (Wildman–Crippen MR) is 31.0 cm³/mol. The van der Waals surface area contributed by atoms with Gasteiger partial charge in [0.2, 0.25) is 5.91 Å². The van der Waals surface area contributed by atoms with Gasteiger partial charge in [-0.1, -0.05) is 0 Å². The minimum Gasteiger partial charge on any atom is -0.356 e. The van der Waals surface area contributed by atoms with E-state index in [1.54, 1.807) is 0 Å². The smallest absolute Gasteiger partial charge is 0.291 e. The van der Waals surface area contributed by atoms with E-state index in [-0.39, 0.29) is 5.91 Å². The van der Waals surface area contributed by atoms with Gasteiger partial charge in [0.1, 0.15) is 0 Å². The zero-order chi connectivity index (χ0) is 7.98. The summed E-state index contributed by atoms with van der Waals surface area (Å²) in [6.07, 6.45) is 1.76. The highest BCUT2D eigenvalue weighted by Gasteiger charge is 2.05. The molecule has 10 heavy (non-hydrogen) atoms. The van der Waals surface area contributed by atoms with E-state index >= 15 is 0 Å². The van der Waals surface area contributed by atoms with Gasteiger partial charge in [0.05, 0.1) is 0 Å². The molecule has 6 nitrogen and oxygen atoms in total. The number of carbonyl (C=O) groups is 1. The zero-order valence-corrected chi connectivity index (χ0v) is 5.24. The summed E-state index contributed by atoms with van der Waals surface area (Å²) in [6, 6.07) is 0. The number of nitrogens with zero attached hydrogens (tertiary/aromatic N) is 1. The van der Waals surface area contributed by atoms with E-state index in [1.807, 2.05) is 0 Å². The van der Waals surface area contributed by atoms with Crippen molar-refractivity contribution in [3.63, 3.8) is 0 Å². The van der Waals surface area contributed by atoms with Crippen molar-refractivity contribution < 1.29 is 15.1 Å². The van der Waals surface area contributed by atoms with Crippen LogP contribution >= 0.6 is 0 Å². The van der Waals surface area contributed by atoms with Crippen LogP contribution < -0.4 is 5.32 Å². The Hall–Kier alpha value is -1.33. The number of rotatable bonds is 0. The molecule has 1 aliphatic rings. The fraction of sp³-hybridized carbons (Fsp3) is 0.750. The molecule has 1 heterocycles. The molecule has 1 rings (SSSR count). The first-order valence-corrected chi connectivity index (χ1v) is 2.73. The van der Waals surface area contributed by atoms with Gasteiger partial charge in [-0.05, 0) is 6.42 Å². The summed E-state index contributed by atoms with van der Waals surface area (Å²) in [5.74, 6) is 0.204. The topological polar surface area (TPSA) is 92.5 Å². The van der Waals surface area contributed by atoms with Crippen molar-refractivity contribution in [2.45, 2.75) is 12.8 Å². The first-order valence-electron chi connectivity index (χ1n) is 2.73. The second-order valence-corrected chi connectivity index (χ2v) is 1.69. The van der Waals surface area contributed by atoms with Crippen molar-refractivity contribution in [1.29, 1.82) is 0 Å². The third-order valence-electron chi connectivity index (χ3n) is 0.903. The number of amides is 1. The molecular weight excluding hydrogens is 140 g/mol. The van der Waals surface area contributed by atoms with E-state index in [9.17, 15) is 4.79 Å². The number of carbonyl (C=O) groups excluding carboxylic acids is 1. The Morgan fingerprint density at radius 2 is 2.20 bits per heavy atom. The van der Waals surface area contributed by atoms with Crippen molar-refractivity contribution >= 4 is 5.91 Å². The van der Waals surface area contributed by atoms with Crippen LogP contribution in [0.4, 0.5) is 0 Å². The first-order chi connectivity index (χ1) is 4.63. The molecule has 1 saturated heterocycles. The average Bonchev–Trinajstić information content (AvgIpc) is 2.15. The maximum absolute atomic E-state index is 10.1. The summed E-state index contributed by atoms with van der Waals surface area (Å²) in [7, 11) is 0. The summed E-state index contributed by atoms with van der Waals surface area (Å²) in [6.45, 7) is 0.888. The van der Waals surface area contributed by atoms with E-state index < -0.39 is 5.09 Å². The summed E-state index contributed by atoms with van der Waals surface area (Å²) < 4.78 is 0. The molecule has 2 N–H and O–H groups in total. The van der Waals surface area contributed by atoms with E-state index in [1.165, 1.54) is 0 Å². The van der Waals surface area contributed by atoms with Crippen molar-refractivity contribution in [1.82, 2.24) is 5.32 Å². The molecular formula is C4H8N2O4. The van der Waals surface area contributed by atoms with Crippen molar-refractivity contribution in [2.75, 3.05) is 6.54 Å². The van der Waals surface area contributed by atoms with Gasteiger partial charge in [-0.3, -0.25) is 4.79 Å². The molecule has 0 aromatic rings. The van der Waals surface area contributed by atoms with Gasteiger partial charge in [0.25, 0.3) is 5.09 Å². The zero-order valence-electron chi connectivity index (χ0n) is 5.24. The van der Waals surface area contributed by atoms with Crippen LogP contribution in [0, 0.1) is 10.1 Å². The molecule has 0 atom stereocenters. The molecule has 0 aliphatic carbocycles. The highest BCUT2D eigenvalue weighted by molar-refractivity contribution is 5.77. The van der Waals surface area contributed by atoms with Crippen LogP contribution in [0.5, 0.6) is 0 Å². The molecule has 1 aliphatic heterocycles. The lowest BCUT2D eigenvalue weighted by molar-refractivity contribution is -0.742. The maximum Gasteiger partial charge on any atom is 0.291 e. The Morgan fingerprint density at radius 3 is 2.30 bits per heavy atom. The van der Waals surface area contributed by atoms with Crippen LogP contribution in [-0.4, -0.2) is 22.7 Å². The molecule has 0 saturated carbocycles. The quantitative estimate of drug-likeness (QED) is 0.359. The van der Waals surface area contributed by atoms with Crippen LogP contribution in [0.15, 0.2) is 0 Å². The van der Waals surface area contributed by atoms with E-state index in [4.69, 9.17) is 15.3 Å². The Kier molecular flexibility index (Phi) is 3.94. The van der Waals surface area contributed by atoms with E-state index in [0.717, 1.165) is 19.4 Å². The second kappa shape index (κ2) is 4.54. The SMILES string of the molecule is O=C1CCCN1.O=[N+]([O-])O. The molecule has 0 aromatic heterocycles. The first kappa shape index (κ1) is 8.67. The fourth-order valence-corrected chi connectivity index (χ4v) is 0.565. The summed E-state index contributed by atoms with van der Waals surface area (Å²) in [4.78, 5) is 18.5. The van der Waals surface area contributed by atoms with Crippen LogP contribution in [0.2, 0.25) is 0 Å². The van der Waals surface area contributed by atoms with Crippen LogP contribution in [-0.2, 0) is 4.79 Å². The largest absolute Gasteiger partial charge is 0.356 e. The van der Waals surface area contributed by atoms with Crippen LogP contribution in [0.1, 0.15) is 12.8 Å². The number of hydrogen-bond donors (Lipinski definition) is 2. The summed E-state index contributed by atoms with van der Waals surface area (Å²) in [5, 5.41) is 16.3. The lowest BCUT2D eigenvalue weighted by atomic mass is 10.4. The van der Waals surface area contributed by atoms with E-state index in [2.05, 4.69) is 5.32 Å². The maximum atomic E-state index is 10.1. The lowest BCUT2D eigenvalue weighted by Crippen LogP contribution is -2.12. The molecule has 0 unspecified atom stereocenters. The van der Waals surface area contributed by atoms with Crippen molar-refractivity contribution in [2.24, 2.45) is 0 Å². The fourth-order valence-electron chi connectivity index (χ4n) is 0.565. The highest BCUT2D eigenvalue weighted by Crippen LogP contribution is 1.93. The molecule has 6 heteroatoms. The standard InChI is InChI=1S/C4H7NO.HNO3/c6-4-2-1-3-5-4;2-1(3)4/h1-3H2,(H,5,6);(H,2,3,4). The van der Waals surface area contributed by atoms with Gasteiger partial charge >= 0.3 is 0 Å². The van der Waals surface area contributed by atoms with Gasteiger partial charge in [-0.15, -0.1) is 10.1 Å². The highest BCUT2D eigenvalue weighted by atomic mass is 16.9. The lowest BCUT2D eigenvalue weighted by Gasteiger charge is -1.80. The molecule has 1 amide bonds. The van der Waals surface area contributed by atoms with Crippen LogP contribution in [0.3, 0.4) is 0 Å². The molecule has 58 valence electrons. The van der Waals surface area contributed by atoms with Gasteiger partial charge in [0, 0.05) is 13.0 Å². The number of hydrogen-bond acceptors (Lipinski definition) is 3. The molecule has 0 radical (unpaired) electrons. The minimum absolute atomic E-state index is 0.204. The average molecular weight is 148 g/mol. The van der Waals surface area contributed by atoms with Crippen LogP contribution in [0.25, 0.3) is 0 Å². The predicted octanol–water partition coefficient (Wildman–Crippen LogP) is -0.451. The number of nitrogens with one attached hydrogen (secondary N) is 1. The Balaban J connectivity index is 0.000000180. The second-order valence-electron chi connectivity index (χ2n) is 1.69. The third-order valence-corrected chi connectivity index (χ3v) is 0.903. The van der Waals surface area contributed by atoms with E-state index in [0.29, 0.717) is 0 Å². The molecule has 0 spiro atoms. The minimum atomic E-state index is -1.50. The van der Waals surface area contributed by atoms with Crippen molar-refractivity contribution in [3.05, 3.63) is 10.1 Å².